The summed E-state index contributed by atoms with van der Waals surface area (Å²) in [6.45, 7) is -0.647. The van der Waals surface area contributed by atoms with Gasteiger partial charge in [0.1, 0.15) is 12.2 Å². The molecular formula is C10H10F2O5. The van der Waals surface area contributed by atoms with Gasteiger partial charge in [-0.15, -0.1) is 8.78 Å². The molecule has 0 fully saturated rings. The van der Waals surface area contributed by atoms with Crippen molar-refractivity contribution < 1.29 is 33.6 Å². The Morgan fingerprint density at radius 1 is 1.18 bits per heavy atom. The first kappa shape index (κ1) is 12.0. The van der Waals surface area contributed by atoms with Crippen LogP contribution < -0.4 is 9.47 Å². The molecule has 0 saturated heterocycles. The lowest BCUT2D eigenvalue weighted by molar-refractivity contribution is -0.286. The van der Waals surface area contributed by atoms with Gasteiger partial charge in [0, 0.05) is 0 Å². The Morgan fingerprint density at radius 3 is 2.47 bits per heavy atom. The van der Waals surface area contributed by atoms with Crippen molar-refractivity contribution in [2.24, 2.45) is 0 Å². The fraction of sp³-hybridized carbons (Fsp3) is 0.400. The van der Waals surface area contributed by atoms with Crippen LogP contribution in [0.15, 0.2) is 18.2 Å². The third-order valence-electron chi connectivity index (χ3n) is 2.32. The van der Waals surface area contributed by atoms with E-state index in [1.54, 1.807) is 0 Å². The van der Waals surface area contributed by atoms with Crippen molar-refractivity contribution in [3.63, 3.8) is 0 Å². The van der Waals surface area contributed by atoms with E-state index in [4.69, 9.17) is 5.11 Å². The van der Waals surface area contributed by atoms with Gasteiger partial charge < -0.3 is 24.8 Å². The third kappa shape index (κ3) is 2.31. The predicted octanol–water partition coefficient (Wildman–Crippen LogP) is 0.395. The summed E-state index contributed by atoms with van der Waals surface area (Å²) in [5, 5.41) is 27.4. The number of rotatable bonds is 3. The molecule has 0 radical (unpaired) electrons. The molecule has 17 heavy (non-hydrogen) atoms. The van der Waals surface area contributed by atoms with Gasteiger partial charge in [0.15, 0.2) is 11.5 Å². The third-order valence-corrected chi connectivity index (χ3v) is 2.32. The highest BCUT2D eigenvalue weighted by molar-refractivity contribution is 5.45. The summed E-state index contributed by atoms with van der Waals surface area (Å²) in [7, 11) is 0. The van der Waals surface area contributed by atoms with E-state index in [0.717, 1.165) is 6.07 Å². The molecule has 2 unspecified atom stereocenters. The van der Waals surface area contributed by atoms with Gasteiger partial charge >= 0.3 is 6.29 Å². The standard InChI is InChI=1S/C10H10F2O5/c11-10(12)16-7-2-1-5(3-8(7)17-10)9(15)6(14)4-13/h1-3,6,9,13-15H,4H2. The normalized spacial score (nSPS) is 20.1. The van der Waals surface area contributed by atoms with E-state index in [1.165, 1.54) is 12.1 Å². The molecule has 0 aromatic heterocycles. The van der Waals surface area contributed by atoms with Crippen molar-refractivity contribution >= 4 is 0 Å². The minimum Gasteiger partial charge on any atom is -0.395 e. The average Bonchev–Trinajstić information content (AvgIpc) is 2.59. The van der Waals surface area contributed by atoms with E-state index in [0.29, 0.717) is 0 Å². The molecule has 1 heterocycles. The minimum absolute atomic E-state index is 0.145. The van der Waals surface area contributed by atoms with Crippen LogP contribution in [-0.4, -0.2) is 34.3 Å². The summed E-state index contributed by atoms with van der Waals surface area (Å²) in [5.41, 5.74) is 0.145. The quantitative estimate of drug-likeness (QED) is 0.721. The van der Waals surface area contributed by atoms with Gasteiger partial charge in [-0.05, 0) is 17.7 Å². The van der Waals surface area contributed by atoms with Crippen LogP contribution in [0.2, 0.25) is 0 Å². The molecule has 0 spiro atoms. The van der Waals surface area contributed by atoms with Gasteiger partial charge in [-0.25, -0.2) is 0 Å². The zero-order valence-corrected chi connectivity index (χ0v) is 8.51. The second-order valence-corrected chi connectivity index (χ2v) is 3.57. The van der Waals surface area contributed by atoms with Crippen LogP contribution in [0.3, 0.4) is 0 Å². The number of halogens is 2. The smallest absolute Gasteiger partial charge is 0.395 e. The van der Waals surface area contributed by atoms with Crippen LogP contribution in [0.1, 0.15) is 11.7 Å². The van der Waals surface area contributed by atoms with E-state index in [2.05, 4.69) is 9.47 Å². The number of ether oxygens (including phenoxy) is 2. The zero-order chi connectivity index (χ0) is 12.6. The Kier molecular flexibility index (Phi) is 2.90. The highest BCUT2D eigenvalue weighted by Crippen LogP contribution is 2.42. The van der Waals surface area contributed by atoms with Crippen LogP contribution in [0.5, 0.6) is 11.5 Å². The van der Waals surface area contributed by atoms with Gasteiger partial charge in [0.2, 0.25) is 0 Å². The molecule has 1 aromatic rings. The number of aliphatic hydroxyl groups excluding tert-OH is 3. The van der Waals surface area contributed by atoms with E-state index in [1.807, 2.05) is 0 Å². The Hall–Kier alpha value is -1.44. The fourth-order valence-corrected chi connectivity index (χ4v) is 1.47. The second kappa shape index (κ2) is 4.10. The van der Waals surface area contributed by atoms with Crippen molar-refractivity contribution in [3.8, 4) is 11.5 Å². The SMILES string of the molecule is OCC(O)C(O)c1ccc2c(c1)OC(F)(F)O2. The van der Waals surface area contributed by atoms with Crippen molar-refractivity contribution in [1.82, 2.24) is 0 Å². The van der Waals surface area contributed by atoms with Gasteiger partial charge in [0.05, 0.1) is 6.61 Å². The van der Waals surface area contributed by atoms with Crippen LogP contribution in [0.4, 0.5) is 8.78 Å². The first-order chi connectivity index (χ1) is 7.93. The lowest BCUT2D eigenvalue weighted by atomic mass is 10.0. The lowest BCUT2D eigenvalue weighted by Gasteiger charge is -2.15. The van der Waals surface area contributed by atoms with Crippen molar-refractivity contribution in [2.45, 2.75) is 18.5 Å². The largest absolute Gasteiger partial charge is 0.586 e. The van der Waals surface area contributed by atoms with Crippen LogP contribution in [0.25, 0.3) is 0 Å². The molecule has 2 atom stereocenters. The summed E-state index contributed by atoms with van der Waals surface area (Å²) in [6.07, 6.45) is -6.50. The van der Waals surface area contributed by atoms with Gasteiger partial charge in [0.25, 0.3) is 0 Å². The summed E-state index contributed by atoms with van der Waals surface area (Å²) in [6, 6.07) is 3.62. The lowest BCUT2D eigenvalue weighted by Crippen LogP contribution is -2.26. The predicted molar refractivity (Wildman–Crippen MR) is 50.7 cm³/mol. The number of benzene rings is 1. The van der Waals surface area contributed by atoms with E-state index in [9.17, 15) is 19.0 Å². The Morgan fingerprint density at radius 2 is 1.82 bits per heavy atom. The maximum atomic E-state index is 12.7. The van der Waals surface area contributed by atoms with E-state index < -0.39 is 25.1 Å². The van der Waals surface area contributed by atoms with Crippen molar-refractivity contribution in [3.05, 3.63) is 23.8 Å². The molecule has 0 saturated carbocycles. The van der Waals surface area contributed by atoms with E-state index in [-0.39, 0.29) is 17.1 Å². The first-order valence-corrected chi connectivity index (χ1v) is 4.80. The molecule has 7 heteroatoms. The fourth-order valence-electron chi connectivity index (χ4n) is 1.47. The number of alkyl halides is 2. The Bertz CT molecular complexity index is 423. The molecule has 5 nitrogen and oxygen atoms in total. The summed E-state index contributed by atoms with van der Waals surface area (Å²) >= 11 is 0. The average molecular weight is 248 g/mol. The van der Waals surface area contributed by atoms with Crippen molar-refractivity contribution in [2.75, 3.05) is 6.61 Å². The van der Waals surface area contributed by atoms with Gasteiger partial charge in [-0.1, -0.05) is 6.07 Å². The topological polar surface area (TPSA) is 79.2 Å². The van der Waals surface area contributed by atoms with Crippen LogP contribution in [0, 0.1) is 0 Å². The molecule has 3 N–H and O–H groups in total. The molecule has 1 aromatic carbocycles. The number of hydrogen-bond donors (Lipinski definition) is 3. The summed E-state index contributed by atoms with van der Waals surface area (Å²) in [4.78, 5) is 0. The zero-order valence-electron chi connectivity index (χ0n) is 8.51. The Balaban J connectivity index is 2.24. The number of aliphatic hydroxyl groups is 3. The monoisotopic (exact) mass is 248 g/mol. The molecule has 1 aliphatic rings. The van der Waals surface area contributed by atoms with Crippen LogP contribution >= 0.6 is 0 Å². The molecule has 0 amide bonds. The maximum absolute atomic E-state index is 12.7. The summed E-state index contributed by atoms with van der Waals surface area (Å²) in [5.74, 6) is -0.374. The Labute approximate surface area is 94.8 Å². The molecule has 1 aliphatic heterocycles. The van der Waals surface area contributed by atoms with E-state index >= 15 is 0 Å². The van der Waals surface area contributed by atoms with Crippen molar-refractivity contribution in [1.29, 1.82) is 0 Å². The molecule has 2 rings (SSSR count). The van der Waals surface area contributed by atoms with Crippen LogP contribution in [-0.2, 0) is 0 Å². The first-order valence-electron chi connectivity index (χ1n) is 4.80. The van der Waals surface area contributed by atoms with Gasteiger partial charge in [-0.3, -0.25) is 0 Å². The summed E-state index contributed by atoms with van der Waals surface area (Å²) < 4.78 is 33.8. The highest BCUT2D eigenvalue weighted by atomic mass is 19.3. The molecule has 0 bridgehead atoms. The second-order valence-electron chi connectivity index (χ2n) is 3.57. The minimum atomic E-state index is -3.72. The number of hydrogen-bond acceptors (Lipinski definition) is 5. The highest BCUT2D eigenvalue weighted by Gasteiger charge is 2.43. The number of fused-ring (bicyclic) bond motifs is 1. The van der Waals surface area contributed by atoms with Gasteiger partial charge in [-0.2, -0.15) is 0 Å². The molecule has 94 valence electrons. The molecule has 0 aliphatic carbocycles. The maximum Gasteiger partial charge on any atom is 0.586 e. The molecular weight excluding hydrogens is 238 g/mol.